The van der Waals surface area contributed by atoms with E-state index in [1.807, 2.05) is 0 Å². The van der Waals surface area contributed by atoms with Gasteiger partial charge in [-0.25, -0.2) is 0 Å². The normalized spacial score (nSPS) is 12.1. The molecule has 0 bridgehead atoms. The Kier molecular flexibility index (Phi) is 6.14. The van der Waals surface area contributed by atoms with Crippen LogP contribution in [0.15, 0.2) is 47.4 Å². The first-order valence-electron chi connectivity index (χ1n) is 7.74. The zero-order chi connectivity index (χ0) is 20.4. The van der Waals surface area contributed by atoms with E-state index in [1.165, 1.54) is 7.05 Å². The molecule has 27 heavy (non-hydrogen) atoms. The third kappa shape index (κ3) is 4.97. The van der Waals surface area contributed by atoms with Gasteiger partial charge in [0.1, 0.15) is 0 Å². The topological polar surface area (TPSA) is 20.3 Å². The number of thioether (sulfide) groups is 1. The Morgan fingerprint density at radius 2 is 1.44 bits per heavy atom. The quantitative estimate of drug-likeness (QED) is 0.450. The van der Waals surface area contributed by atoms with E-state index < -0.39 is 29.4 Å². The molecule has 146 valence electrons. The Bertz CT molecular complexity index is 814. The van der Waals surface area contributed by atoms with Crippen LogP contribution in [0.3, 0.4) is 0 Å². The molecular formula is C18H15F6NOS. The molecule has 9 heteroatoms. The first kappa shape index (κ1) is 21.1. The number of anilines is 1. The lowest BCUT2D eigenvalue weighted by molar-refractivity contribution is -0.138. The van der Waals surface area contributed by atoms with Gasteiger partial charge in [0.2, 0.25) is 0 Å². The number of hydrogen-bond acceptors (Lipinski definition) is 2. The standard InChI is InChI=1S/C18H15F6NOS/c1-3-27-15-10-12(18(22,23)24)6-9-14(15)16(26)25(2)13-7-4-11(5-8-13)17(19,20)21/h4-10H,3H2,1-2H3. The predicted octanol–water partition coefficient (Wildman–Crippen LogP) is 6.11. The molecule has 2 rings (SSSR count). The molecule has 0 aromatic heterocycles. The van der Waals surface area contributed by atoms with E-state index in [1.54, 1.807) is 6.92 Å². The second-order valence-electron chi connectivity index (χ2n) is 5.55. The fraction of sp³-hybridized carbons (Fsp3) is 0.278. The molecule has 0 unspecified atom stereocenters. The number of halogens is 6. The first-order chi connectivity index (χ1) is 12.4. The fourth-order valence-electron chi connectivity index (χ4n) is 2.32. The average Bonchev–Trinajstić information content (AvgIpc) is 2.59. The Balaban J connectivity index is 2.35. The zero-order valence-electron chi connectivity index (χ0n) is 14.3. The lowest BCUT2D eigenvalue weighted by atomic mass is 10.1. The number of benzene rings is 2. The van der Waals surface area contributed by atoms with E-state index in [0.29, 0.717) is 5.75 Å². The highest BCUT2D eigenvalue weighted by molar-refractivity contribution is 7.99. The van der Waals surface area contributed by atoms with Crippen molar-refractivity contribution < 1.29 is 31.1 Å². The molecule has 2 aromatic rings. The van der Waals surface area contributed by atoms with Crippen molar-refractivity contribution in [3.63, 3.8) is 0 Å². The van der Waals surface area contributed by atoms with Crippen molar-refractivity contribution in [3.8, 4) is 0 Å². The van der Waals surface area contributed by atoms with Crippen LogP contribution in [0.4, 0.5) is 32.0 Å². The van der Waals surface area contributed by atoms with Crippen LogP contribution in [-0.4, -0.2) is 18.7 Å². The zero-order valence-corrected chi connectivity index (χ0v) is 15.1. The van der Waals surface area contributed by atoms with Crippen molar-refractivity contribution in [1.29, 1.82) is 0 Å². The number of amides is 1. The van der Waals surface area contributed by atoms with Gasteiger partial charge < -0.3 is 4.90 Å². The summed E-state index contributed by atoms with van der Waals surface area (Å²) in [6, 6.07) is 6.76. The van der Waals surface area contributed by atoms with Gasteiger partial charge in [0, 0.05) is 17.6 Å². The van der Waals surface area contributed by atoms with Crippen LogP contribution in [0.2, 0.25) is 0 Å². The summed E-state index contributed by atoms with van der Waals surface area (Å²) in [5.41, 5.74) is -1.48. The summed E-state index contributed by atoms with van der Waals surface area (Å²) in [6.07, 6.45) is -9.04. The van der Waals surface area contributed by atoms with Gasteiger partial charge in [-0.15, -0.1) is 11.8 Å². The summed E-state index contributed by atoms with van der Waals surface area (Å²) in [5.74, 6) is -0.162. The van der Waals surface area contributed by atoms with Gasteiger partial charge in [-0.05, 0) is 48.2 Å². The molecule has 0 N–H and O–H groups in total. The highest BCUT2D eigenvalue weighted by atomic mass is 32.2. The summed E-state index contributed by atoms with van der Waals surface area (Å²) >= 11 is 1.08. The molecule has 0 heterocycles. The van der Waals surface area contributed by atoms with Gasteiger partial charge >= 0.3 is 12.4 Å². The van der Waals surface area contributed by atoms with E-state index in [2.05, 4.69) is 0 Å². The first-order valence-corrected chi connectivity index (χ1v) is 8.73. The van der Waals surface area contributed by atoms with E-state index in [9.17, 15) is 31.1 Å². The van der Waals surface area contributed by atoms with Crippen LogP contribution in [0.1, 0.15) is 28.4 Å². The van der Waals surface area contributed by atoms with E-state index in [4.69, 9.17) is 0 Å². The van der Waals surface area contributed by atoms with E-state index >= 15 is 0 Å². The van der Waals surface area contributed by atoms with Crippen LogP contribution in [0.5, 0.6) is 0 Å². The Labute approximate surface area is 156 Å². The number of nitrogens with zero attached hydrogens (tertiary/aromatic N) is 1. The van der Waals surface area contributed by atoms with Gasteiger partial charge in [0.25, 0.3) is 5.91 Å². The number of rotatable bonds is 4. The fourth-order valence-corrected chi connectivity index (χ4v) is 3.15. The predicted molar refractivity (Wildman–Crippen MR) is 92.0 cm³/mol. The van der Waals surface area contributed by atoms with Crippen molar-refractivity contribution in [2.75, 3.05) is 17.7 Å². The molecule has 0 aliphatic carbocycles. The van der Waals surface area contributed by atoms with Crippen molar-refractivity contribution in [1.82, 2.24) is 0 Å². The maximum absolute atomic E-state index is 12.9. The molecule has 0 radical (unpaired) electrons. The molecule has 2 aromatic carbocycles. The third-order valence-corrected chi connectivity index (χ3v) is 4.66. The maximum Gasteiger partial charge on any atom is 0.416 e. The third-order valence-electron chi connectivity index (χ3n) is 3.73. The van der Waals surface area contributed by atoms with Crippen LogP contribution < -0.4 is 4.90 Å². The highest BCUT2D eigenvalue weighted by Gasteiger charge is 2.32. The molecule has 0 saturated carbocycles. The Morgan fingerprint density at radius 1 is 0.926 bits per heavy atom. The molecule has 0 saturated heterocycles. The van der Waals surface area contributed by atoms with Crippen LogP contribution in [0.25, 0.3) is 0 Å². The van der Waals surface area contributed by atoms with Gasteiger partial charge in [0.15, 0.2) is 0 Å². The van der Waals surface area contributed by atoms with Crippen molar-refractivity contribution in [2.24, 2.45) is 0 Å². The van der Waals surface area contributed by atoms with Gasteiger partial charge in [-0.1, -0.05) is 6.92 Å². The van der Waals surface area contributed by atoms with Gasteiger partial charge in [-0.2, -0.15) is 26.3 Å². The van der Waals surface area contributed by atoms with Crippen LogP contribution in [0, 0.1) is 0 Å². The van der Waals surface area contributed by atoms with Crippen molar-refractivity contribution in [2.45, 2.75) is 24.2 Å². The minimum Gasteiger partial charge on any atom is -0.311 e. The molecule has 2 nitrogen and oxygen atoms in total. The van der Waals surface area contributed by atoms with Crippen molar-refractivity contribution >= 4 is 23.4 Å². The SMILES string of the molecule is CCSc1cc(C(F)(F)F)ccc1C(=O)N(C)c1ccc(C(F)(F)F)cc1. The summed E-state index contributed by atoms with van der Waals surface area (Å²) in [7, 11) is 1.35. The lowest BCUT2D eigenvalue weighted by Gasteiger charge is -2.20. The minimum atomic E-state index is -4.54. The number of carbonyl (C=O) groups excluding carboxylic acids is 1. The molecule has 0 spiro atoms. The second kappa shape index (κ2) is 7.84. The number of hydrogen-bond donors (Lipinski definition) is 0. The Morgan fingerprint density at radius 3 is 1.93 bits per heavy atom. The Hall–Kier alpha value is -2.16. The molecule has 1 amide bonds. The maximum atomic E-state index is 12.9. The lowest BCUT2D eigenvalue weighted by Crippen LogP contribution is -2.27. The summed E-state index contributed by atoms with van der Waals surface area (Å²) in [5, 5.41) is 0. The number of carbonyl (C=O) groups is 1. The molecule has 0 fully saturated rings. The summed E-state index contributed by atoms with van der Waals surface area (Å²) < 4.78 is 76.6. The second-order valence-corrected chi connectivity index (χ2v) is 6.86. The van der Waals surface area contributed by atoms with Gasteiger partial charge in [-0.3, -0.25) is 4.79 Å². The molecule has 0 atom stereocenters. The van der Waals surface area contributed by atoms with Crippen molar-refractivity contribution in [3.05, 3.63) is 59.2 Å². The summed E-state index contributed by atoms with van der Waals surface area (Å²) in [4.78, 5) is 14.0. The van der Waals surface area contributed by atoms with Crippen LogP contribution >= 0.6 is 11.8 Å². The molecular weight excluding hydrogens is 392 g/mol. The van der Waals surface area contributed by atoms with E-state index in [0.717, 1.165) is 59.1 Å². The summed E-state index contributed by atoms with van der Waals surface area (Å²) in [6.45, 7) is 1.73. The monoisotopic (exact) mass is 407 g/mol. The minimum absolute atomic E-state index is 0.0530. The average molecular weight is 407 g/mol. The van der Waals surface area contributed by atoms with E-state index in [-0.39, 0.29) is 16.1 Å². The number of alkyl halides is 6. The highest BCUT2D eigenvalue weighted by Crippen LogP contribution is 2.35. The van der Waals surface area contributed by atoms with Crippen LogP contribution in [-0.2, 0) is 12.4 Å². The molecule has 0 aliphatic heterocycles. The van der Waals surface area contributed by atoms with Gasteiger partial charge in [0.05, 0.1) is 16.7 Å². The molecule has 0 aliphatic rings. The largest absolute Gasteiger partial charge is 0.416 e. The smallest absolute Gasteiger partial charge is 0.311 e.